The molecule has 0 fully saturated rings. The fourth-order valence-corrected chi connectivity index (χ4v) is 5.72. The topological polar surface area (TPSA) is 82.8 Å². The molecule has 0 bridgehead atoms. The van der Waals surface area contributed by atoms with Crippen LogP contribution in [0.3, 0.4) is 0 Å². The van der Waals surface area contributed by atoms with Gasteiger partial charge < -0.3 is 9.47 Å². The number of carbonyl (C=O) groups is 1. The lowest BCUT2D eigenvalue weighted by Gasteiger charge is -2.13. The number of benzene rings is 3. The Labute approximate surface area is 248 Å². The smallest absolute Gasteiger partial charge is 0.416 e. The Balaban J connectivity index is 1.74. The third-order valence-corrected chi connectivity index (χ3v) is 6.85. The summed E-state index contributed by atoms with van der Waals surface area (Å²) in [7, 11) is 0. The first kappa shape index (κ1) is 29.0. The molecule has 7 nitrogen and oxygen atoms in total. The average Bonchev–Trinajstić information content (AvgIpc) is 2.86. The number of ether oxygens (including phenoxy) is 2. The summed E-state index contributed by atoms with van der Waals surface area (Å²) in [5, 5.41) is 4.60. The van der Waals surface area contributed by atoms with Crippen molar-refractivity contribution in [1.82, 2.24) is 9.66 Å². The van der Waals surface area contributed by atoms with Crippen LogP contribution in [0.4, 0.5) is 13.2 Å². The Hall–Kier alpha value is -3.01. The highest BCUT2D eigenvalue weighted by atomic mass is 127. The van der Waals surface area contributed by atoms with E-state index in [4.69, 9.17) is 9.47 Å². The van der Waals surface area contributed by atoms with Gasteiger partial charge in [-0.05, 0) is 101 Å². The average molecular weight is 761 g/mol. The standard InChI is InChI=1S/C27H20F3I2N3O4/c1-15(2)39-23(36)14-38-24-20(31)10-16(11-21(24)32)13-33-35-25(17-6-5-7-18(12-17)27(28,29)30)34-22-9-4-3-8-19(22)26(35)37/h3-13,15H,14H2,1-2H3. The van der Waals surface area contributed by atoms with Gasteiger partial charge in [0.1, 0.15) is 5.75 Å². The van der Waals surface area contributed by atoms with Crippen molar-refractivity contribution in [2.24, 2.45) is 5.10 Å². The van der Waals surface area contributed by atoms with Crippen molar-refractivity contribution in [3.05, 3.63) is 89.3 Å². The Kier molecular flexibility index (Phi) is 8.93. The molecule has 1 heterocycles. The summed E-state index contributed by atoms with van der Waals surface area (Å²) in [6, 6.07) is 14.6. The maximum absolute atomic E-state index is 13.4. The zero-order valence-corrected chi connectivity index (χ0v) is 24.8. The molecular weight excluding hydrogens is 741 g/mol. The highest BCUT2D eigenvalue weighted by Crippen LogP contribution is 2.32. The number of nitrogens with zero attached hydrogens (tertiary/aromatic N) is 3. The zero-order valence-electron chi connectivity index (χ0n) is 20.5. The lowest BCUT2D eigenvalue weighted by Crippen LogP contribution is -2.20. The van der Waals surface area contributed by atoms with Crippen LogP contribution in [0.2, 0.25) is 0 Å². The molecule has 0 aliphatic heterocycles. The van der Waals surface area contributed by atoms with Crippen LogP contribution < -0.4 is 10.3 Å². The van der Waals surface area contributed by atoms with Gasteiger partial charge in [0.25, 0.3) is 5.56 Å². The van der Waals surface area contributed by atoms with Crippen molar-refractivity contribution in [2.45, 2.75) is 26.1 Å². The number of hydrogen-bond acceptors (Lipinski definition) is 6. The molecule has 202 valence electrons. The number of aromatic nitrogens is 2. The zero-order chi connectivity index (χ0) is 28.3. The van der Waals surface area contributed by atoms with E-state index in [2.05, 4.69) is 55.3 Å². The van der Waals surface area contributed by atoms with Gasteiger partial charge in [-0.15, -0.1) is 0 Å². The van der Waals surface area contributed by atoms with Crippen LogP contribution in [0.1, 0.15) is 25.0 Å². The lowest BCUT2D eigenvalue weighted by molar-refractivity contribution is -0.149. The molecule has 0 radical (unpaired) electrons. The summed E-state index contributed by atoms with van der Waals surface area (Å²) in [6.45, 7) is 3.23. The number of para-hydroxylation sites is 1. The van der Waals surface area contributed by atoms with Crippen molar-refractivity contribution < 1.29 is 27.4 Å². The number of rotatable bonds is 7. The molecule has 0 unspecified atom stereocenters. The van der Waals surface area contributed by atoms with Gasteiger partial charge in [0, 0.05) is 5.56 Å². The maximum atomic E-state index is 13.4. The van der Waals surface area contributed by atoms with Crippen LogP contribution in [0, 0.1) is 7.14 Å². The number of carbonyl (C=O) groups excluding carboxylic acids is 1. The van der Waals surface area contributed by atoms with Crippen LogP contribution in [0.25, 0.3) is 22.3 Å². The van der Waals surface area contributed by atoms with Crippen molar-refractivity contribution in [3.63, 3.8) is 0 Å². The second kappa shape index (κ2) is 12.0. The van der Waals surface area contributed by atoms with Gasteiger partial charge >= 0.3 is 12.1 Å². The molecule has 0 spiro atoms. The summed E-state index contributed by atoms with van der Waals surface area (Å²) in [6.07, 6.45) is -3.41. The molecule has 0 saturated carbocycles. The van der Waals surface area contributed by atoms with Crippen molar-refractivity contribution in [1.29, 1.82) is 0 Å². The number of hydrogen-bond donors (Lipinski definition) is 0. The van der Waals surface area contributed by atoms with Gasteiger partial charge in [0.05, 0.1) is 35.9 Å². The fourth-order valence-electron chi connectivity index (χ4n) is 3.60. The quantitative estimate of drug-likeness (QED) is 0.122. The van der Waals surface area contributed by atoms with E-state index >= 15 is 0 Å². The summed E-state index contributed by atoms with van der Waals surface area (Å²) >= 11 is 4.10. The van der Waals surface area contributed by atoms with E-state index < -0.39 is 23.3 Å². The number of alkyl halides is 3. The molecule has 0 saturated heterocycles. The normalized spacial score (nSPS) is 11.9. The Bertz CT molecular complexity index is 1610. The number of halogens is 5. The van der Waals surface area contributed by atoms with Crippen LogP contribution in [-0.2, 0) is 15.7 Å². The monoisotopic (exact) mass is 761 g/mol. The molecular formula is C27H20F3I2N3O4. The number of esters is 1. The van der Waals surface area contributed by atoms with E-state index in [0.717, 1.165) is 16.8 Å². The minimum Gasteiger partial charge on any atom is -0.480 e. The molecule has 3 aromatic carbocycles. The van der Waals surface area contributed by atoms with Crippen molar-refractivity contribution in [3.8, 4) is 17.1 Å². The van der Waals surface area contributed by atoms with Gasteiger partial charge in [0.2, 0.25) is 0 Å². The van der Waals surface area contributed by atoms with E-state index in [1.807, 2.05) is 0 Å². The van der Waals surface area contributed by atoms with Gasteiger partial charge in [-0.2, -0.15) is 22.9 Å². The van der Waals surface area contributed by atoms with E-state index in [1.165, 1.54) is 18.3 Å². The van der Waals surface area contributed by atoms with Crippen LogP contribution >= 0.6 is 45.2 Å². The minimum absolute atomic E-state index is 0.0333. The van der Waals surface area contributed by atoms with Crippen LogP contribution in [0.5, 0.6) is 5.75 Å². The fraction of sp³-hybridized carbons (Fsp3) is 0.185. The van der Waals surface area contributed by atoms with E-state index in [1.54, 1.807) is 50.2 Å². The first-order chi connectivity index (χ1) is 18.4. The summed E-state index contributed by atoms with van der Waals surface area (Å²) in [5.41, 5.74) is -0.378. The Morgan fingerprint density at radius 3 is 2.44 bits per heavy atom. The molecule has 39 heavy (non-hydrogen) atoms. The van der Waals surface area contributed by atoms with Gasteiger partial charge in [0.15, 0.2) is 12.4 Å². The van der Waals surface area contributed by atoms with Crippen molar-refractivity contribution >= 4 is 68.3 Å². The third kappa shape index (κ3) is 6.96. The highest BCUT2D eigenvalue weighted by Gasteiger charge is 2.31. The highest BCUT2D eigenvalue weighted by molar-refractivity contribution is 14.1. The Morgan fingerprint density at radius 1 is 1.08 bits per heavy atom. The predicted molar refractivity (Wildman–Crippen MR) is 158 cm³/mol. The molecule has 12 heteroatoms. The predicted octanol–water partition coefficient (Wildman–Crippen LogP) is 6.50. The third-order valence-electron chi connectivity index (χ3n) is 5.25. The van der Waals surface area contributed by atoms with Crippen LogP contribution in [0.15, 0.2) is 70.6 Å². The number of fused-ring (bicyclic) bond motifs is 1. The maximum Gasteiger partial charge on any atom is 0.416 e. The molecule has 0 N–H and O–H groups in total. The molecule has 0 atom stereocenters. The Morgan fingerprint density at radius 2 is 1.77 bits per heavy atom. The summed E-state index contributed by atoms with van der Waals surface area (Å²) < 4.78 is 53.3. The van der Waals surface area contributed by atoms with Crippen LogP contribution in [-0.4, -0.2) is 34.6 Å². The molecule has 4 rings (SSSR count). The first-order valence-electron chi connectivity index (χ1n) is 11.5. The van der Waals surface area contributed by atoms with Gasteiger partial charge in [-0.25, -0.2) is 9.78 Å². The molecule has 0 aliphatic rings. The first-order valence-corrected chi connectivity index (χ1v) is 13.6. The molecule has 0 amide bonds. The summed E-state index contributed by atoms with van der Waals surface area (Å²) in [4.78, 5) is 29.7. The van der Waals surface area contributed by atoms with E-state index in [0.29, 0.717) is 24.0 Å². The van der Waals surface area contributed by atoms with E-state index in [9.17, 15) is 22.8 Å². The van der Waals surface area contributed by atoms with Gasteiger partial charge in [-0.3, -0.25) is 4.79 Å². The summed E-state index contributed by atoms with van der Waals surface area (Å²) in [5.74, 6) is -0.0372. The largest absolute Gasteiger partial charge is 0.480 e. The SMILES string of the molecule is CC(C)OC(=O)COc1c(I)cc(C=Nn2c(-c3cccc(C(F)(F)F)c3)nc3ccccc3c2=O)cc1I. The van der Waals surface area contributed by atoms with Crippen molar-refractivity contribution in [2.75, 3.05) is 6.61 Å². The molecule has 0 aliphatic carbocycles. The second-order valence-corrected chi connectivity index (χ2v) is 10.9. The molecule has 1 aromatic heterocycles. The molecule has 4 aromatic rings. The van der Waals surface area contributed by atoms with E-state index in [-0.39, 0.29) is 29.5 Å². The lowest BCUT2D eigenvalue weighted by atomic mass is 10.1. The second-order valence-electron chi connectivity index (χ2n) is 8.53. The van der Waals surface area contributed by atoms with Gasteiger partial charge in [-0.1, -0.05) is 24.3 Å². The minimum atomic E-state index is -4.57.